The third-order valence-corrected chi connectivity index (χ3v) is 3.11. The fourth-order valence-corrected chi connectivity index (χ4v) is 2.06. The molecule has 1 aromatic carbocycles. The summed E-state index contributed by atoms with van der Waals surface area (Å²) in [7, 11) is 0. The van der Waals surface area contributed by atoms with Crippen LogP contribution in [0.2, 0.25) is 0 Å². The SMILES string of the molecule is O=C(CCN1C(=O)CCC1=O)Nc1cccc(CO)c1. The molecule has 1 heterocycles. The van der Waals surface area contributed by atoms with E-state index in [1.165, 1.54) is 0 Å². The monoisotopic (exact) mass is 276 g/mol. The number of carbonyl (C=O) groups is 3. The predicted molar refractivity (Wildman–Crippen MR) is 71.6 cm³/mol. The van der Waals surface area contributed by atoms with E-state index >= 15 is 0 Å². The lowest BCUT2D eigenvalue weighted by molar-refractivity contribution is -0.138. The lowest BCUT2D eigenvalue weighted by atomic mass is 10.2. The van der Waals surface area contributed by atoms with E-state index in [-0.39, 0.29) is 50.1 Å². The van der Waals surface area contributed by atoms with Crippen molar-refractivity contribution in [2.45, 2.75) is 25.9 Å². The number of nitrogens with zero attached hydrogens (tertiary/aromatic N) is 1. The van der Waals surface area contributed by atoms with Crippen molar-refractivity contribution >= 4 is 23.4 Å². The highest BCUT2D eigenvalue weighted by Gasteiger charge is 2.28. The Labute approximate surface area is 116 Å². The van der Waals surface area contributed by atoms with E-state index < -0.39 is 0 Å². The van der Waals surface area contributed by atoms with Crippen LogP contribution in [-0.2, 0) is 21.0 Å². The van der Waals surface area contributed by atoms with Gasteiger partial charge in [-0.15, -0.1) is 0 Å². The van der Waals surface area contributed by atoms with E-state index in [1.807, 2.05) is 0 Å². The number of anilines is 1. The average molecular weight is 276 g/mol. The Hall–Kier alpha value is -2.21. The van der Waals surface area contributed by atoms with Crippen LogP contribution in [-0.4, -0.2) is 34.3 Å². The second-order valence-corrected chi connectivity index (χ2v) is 4.60. The Bertz CT molecular complexity index is 526. The summed E-state index contributed by atoms with van der Waals surface area (Å²) < 4.78 is 0. The van der Waals surface area contributed by atoms with Crippen molar-refractivity contribution in [2.24, 2.45) is 0 Å². The molecule has 0 spiro atoms. The Morgan fingerprint density at radius 3 is 2.60 bits per heavy atom. The molecule has 20 heavy (non-hydrogen) atoms. The number of rotatable bonds is 5. The lowest BCUT2D eigenvalue weighted by Gasteiger charge is -2.13. The Morgan fingerprint density at radius 2 is 1.95 bits per heavy atom. The molecule has 0 bridgehead atoms. The minimum atomic E-state index is -0.271. The molecule has 1 aliphatic heterocycles. The molecule has 1 aliphatic rings. The molecular weight excluding hydrogens is 260 g/mol. The molecular formula is C14H16N2O4. The van der Waals surface area contributed by atoms with Gasteiger partial charge in [0.25, 0.3) is 0 Å². The first kappa shape index (κ1) is 14.2. The molecule has 1 aromatic rings. The number of nitrogens with one attached hydrogen (secondary N) is 1. The first-order chi connectivity index (χ1) is 9.60. The van der Waals surface area contributed by atoms with E-state index in [0.717, 1.165) is 4.90 Å². The van der Waals surface area contributed by atoms with Crippen LogP contribution in [0.25, 0.3) is 0 Å². The number of carbonyl (C=O) groups excluding carboxylic acids is 3. The van der Waals surface area contributed by atoms with Gasteiger partial charge in [-0.2, -0.15) is 0 Å². The topological polar surface area (TPSA) is 86.7 Å². The molecule has 6 heteroatoms. The third-order valence-electron chi connectivity index (χ3n) is 3.11. The molecule has 106 valence electrons. The maximum Gasteiger partial charge on any atom is 0.229 e. The van der Waals surface area contributed by atoms with Gasteiger partial charge in [0.1, 0.15) is 0 Å². The van der Waals surface area contributed by atoms with Crippen molar-refractivity contribution in [1.29, 1.82) is 0 Å². The van der Waals surface area contributed by atoms with Gasteiger partial charge in [0.05, 0.1) is 6.61 Å². The van der Waals surface area contributed by atoms with Crippen molar-refractivity contribution in [3.8, 4) is 0 Å². The molecule has 0 aliphatic carbocycles. The summed E-state index contributed by atoms with van der Waals surface area (Å²) >= 11 is 0. The quantitative estimate of drug-likeness (QED) is 0.773. The zero-order valence-corrected chi connectivity index (χ0v) is 11.0. The number of amides is 3. The van der Waals surface area contributed by atoms with Crippen LogP contribution in [0.5, 0.6) is 0 Å². The minimum absolute atomic E-state index is 0.0703. The summed E-state index contributed by atoms with van der Waals surface area (Å²) in [5, 5.41) is 11.7. The van der Waals surface area contributed by atoms with Crippen molar-refractivity contribution in [3.05, 3.63) is 29.8 Å². The number of hydrogen-bond donors (Lipinski definition) is 2. The smallest absolute Gasteiger partial charge is 0.229 e. The third kappa shape index (κ3) is 3.42. The molecule has 1 saturated heterocycles. The molecule has 0 radical (unpaired) electrons. The highest BCUT2D eigenvalue weighted by atomic mass is 16.3. The van der Waals surface area contributed by atoms with E-state index in [9.17, 15) is 14.4 Å². The van der Waals surface area contributed by atoms with Crippen LogP contribution < -0.4 is 5.32 Å². The predicted octanol–water partition coefficient (Wildman–Crippen LogP) is 0.656. The molecule has 0 unspecified atom stereocenters. The van der Waals surface area contributed by atoms with E-state index in [1.54, 1.807) is 24.3 Å². The Balaban J connectivity index is 1.86. The van der Waals surface area contributed by atoms with Crippen molar-refractivity contribution in [2.75, 3.05) is 11.9 Å². The van der Waals surface area contributed by atoms with Crippen LogP contribution in [0.15, 0.2) is 24.3 Å². The molecule has 1 fully saturated rings. The largest absolute Gasteiger partial charge is 0.392 e. The summed E-state index contributed by atoms with van der Waals surface area (Å²) in [5.41, 5.74) is 1.29. The zero-order chi connectivity index (χ0) is 14.5. The average Bonchev–Trinajstić information content (AvgIpc) is 2.76. The van der Waals surface area contributed by atoms with Gasteiger partial charge in [0, 0.05) is 31.5 Å². The second-order valence-electron chi connectivity index (χ2n) is 4.60. The maximum absolute atomic E-state index is 11.8. The summed E-state index contributed by atoms with van der Waals surface area (Å²) in [6, 6.07) is 6.86. The van der Waals surface area contributed by atoms with Crippen LogP contribution in [0.1, 0.15) is 24.8 Å². The van der Waals surface area contributed by atoms with Crippen LogP contribution in [0.3, 0.4) is 0 Å². The van der Waals surface area contributed by atoms with Crippen molar-refractivity contribution < 1.29 is 19.5 Å². The standard InChI is InChI=1S/C14H16N2O4/c17-9-10-2-1-3-11(8-10)15-12(18)6-7-16-13(19)4-5-14(16)20/h1-3,8,17H,4-7,9H2,(H,15,18). The molecule has 0 atom stereocenters. The molecule has 6 nitrogen and oxygen atoms in total. The van der Waals surface area contributed by atoms with Crippen LogP contribution >= 0.6 is 0 Å². The van der Waals surface area contributed by atoms with Gasteiger partial charge < -0.3 is 10.4 Å². The summed E-state index contributed by atoms with van der Waals surface area (Å²) in [6.45, 7) is 0.0175. The molecule has 0 saturated carbocycles. The summed E-state index contributed by atoms with van der Waals surface area (Å²) in [4.78, 5) is 35.7. The maximum atomic E-state index is 11.8. The molecule has 2 N–H and O–H groups in total. The molecule has 2 rings (SSSR count). The Kier molecular flexibility index (Phi) is 4.47. The van der Waals surface area contributed by atoms with Crippen molar-refractivity contribution in [1.82, 2.24) is 4.90 Å². The van der Waals surface area contributed by atoms with E-state index in [0.29, 0.717) is 11.3 Å². The van der Waals surface area contributed by atoms with Gasteiger partial charge in [0.15, 0.2) is 0 Å². The fraction of sp³-hybridized carbons (Fsp3) is 0.357. The number of benzene rings is 1. The Morgan fingerprint density at radius 1 is 1.25 bits per heavy atom. The van der Waals surface area contributed by atoms with Gasteiger partial charge in [0.2, 0.25) is 17.7 Å². The van der Waals surface area contributed by atoms with Crippen molar-refractivity contribution in [3.63, 3.8) is 0 Å². The molecule has 0 aromatic heterocycles. The molecule has 3 amide bonds. The number of hydrogen-bond acceptors (Lipinski definition) is 4. The zero-order valence-electron chi connectivity index (χ0n) is 11.0. The van der Waals surface area contributed by atoms with Crippen LogP contribution in [0, 0.1) is 0 Å². The normalized spacial score (nSPS) is 14.8. The van der Waals surface area contributed by atoms with E-state index in [4.69, 9.17) is 5.11 Å². The first-order valence-electron chi connectivity index (χ1n) is 6.43. The number of aliphatic hydroxyl groups excluding tert-OH is 1. The van der Waals surface area contributed by atoms with E-state index in [2.05, 4.69) is 5.32 Å². The number of aliphatic hydroxyl groups is 1. The highest BCUT2D eigenvalue weighted by Crippen LogP contribution is 2.13. The highest BCUT2D eigenvalue weighted by molar-refractivity contribution is 6.02. The van der Waals surface area contributed by atoms with Crippen LogP contribution in [0.4, 0.5) is 5.69 Å². The lowest BCUT2D eigenvalue weighted by Crippen LogP contribution is -2.32. The summed E-state index contributed by atoms with van der Waals surface area (Å²) in [5.74, 6) is -0.706. The first-order valence-corrected chi connectivity index (χ1v) is 6.43. The number of imide groups is 1. The van der Waals surface area contributed by atoms with Gasteiger partial charge in [-0.25, -0.2) is 0 Å². The fourth-order valence-electron chi connectivity index (χ4n) is 2.06. The minimum Gasteiger partial charge on any atom is -0.392 e. The number of likely N-dealkylation sites (tertiary alicyclic amines) is 1. The van der Waals surface area contributed by atoms with Gasteiger partial charge in [-0.3, -0.25) is 19.3 Å². The van der Waals surface area contributed by atoms with Gasteiger partial charge in [-0.05, 0) is 17.7 Å². The summed E-state index contributed by atoms with van der Waals surface area (Å²) in [6.07, 6.45) is 0.541. The second kappa shape index (κ2) is 6.29. The van der Waals surface area contributed by atoms with Gasteiger partial charge >= 0.3 is 0 Å². The van der Waals surface area contributed by atoms with Gasteiger partial charge in [-0.1, -0.05) is 12.1 Å².